The van der Waals surface area contributed by atoms with Crippen LogP contribution in [0.1, 0.15) is 93.8 Å². The second-order valence-electron chi connectivity index (χ2n) is 9.22. The summed E-state index contributed by atoms with van der Waals surface area (Å²) in [5.74, 6) is 0.280. The Labute approximate surface area is 208 Å². The topological polar surface area (TPSA) is 54.0 Å². The van der Waals surface area contributed by atoms with Crippen LogP contribution in [-0.2, 0) is 9.47 Å². The molecule has 0 radical (unpaired) electrons. The van der Waals surface area contributed by atoms with Crippen LogP contribution in [0.15, 0.2) is 42.5 Å². The number of unbranched alkanes of at least 4 members (excludes halogenated alkanes) is 6. The minimum atomic E-state index is -0.748. The molecule has 0 bridgehead atoms. The summed E-state index contributed by atoms with van der Waals surface area (Å²) in [5.41, 5.74) is 0.421. The first-order chi connectivity index (χ1) is 17.1. The van der Waals surface area contributed by atoms with Crippen LogP contribution in [0.3, 0.4) is 0 Å². The van der Waals surface area contributed by atoms with Crippen LogP contribution in [0.2, 0.25) is 0 Å². The van der Waals surface area contributed by atoms with Gasteiger partial charge in [0.15, 0.2) is 6.29 Å². The van der Waals surface area contributed by atoms with Gasteiger partial charge in [0.25, 0.3) is 0 Å². The van der Waals surface area contributed by atoms with Gasteiger partial charge in [0.2, 0.25) is 0 Å². The van der Waals surface area contributed by atoms with E-state index in [2.05, 4.69) is 13.8 Å². The smallest absolute Gasteiger partial charge is 0.343 e. The van der Waals surface area contributed by atoms with E-state index in [-0.39, 0.29) is 5.56 Å². The Bertz CT molecular complexity index is 890. The minimum absolute atomic E-state index is 0.130. The van der Waals surface area contributed by atoms with Gasteiger partial charge in [-0.05, 0) is 49.2 Å². The van der Waals surface area contributed by atoms with Crippen molar-refractivity contribution in [3.8, 4) is 11.5 Å². The van der Waals surface area contributed by atoms with E-state index < -0.39 is 18.1 Å². The molecule has 5 nitrogen and oxygen atoms in total. The zero-order chi connectivity index (χ0) is 24.9. The number of esters is 1. The van der Waals surface area contributed by atoms with Crippen LogP contribution in [0.5, 0.6) is 11.5 Å². The quantitative estimate of drug-likeness (QED) is 0.156. The first-order valence-electron chi connectivity index (χ1n) is 13.1. The number of halogens is 1. The number of carbonyl (C=O) groups is 1. The van der Waals surface area contributed by atoms with Gasteiger partial charge in [-0.1, -0.05) is 64.9 Å². The van der Waals surface area contributed by atoms with E-state index >= 15 is 0 Å². The second-order valence-corrected chi connectivity index (χ2v) is 9.22. The molecule has 3 rings (SSSR count). The third-order valence-corrected chi connectivity index (χ3v) is 6.20. The molecule has 192 valence electrons. The van der Waals surface area contributed by atoms with Gasteiger partial charge in [0.05, 0.1) is 25.4 Å². The predicted octanol–water partition coefficient (Wildman–Crippen LogP) is 7.64. The fourth-order valence-electron chi connectivity index (χ4n) is 4.16. The number of hydrogen-bond acceptors (Lipinski definition) is 5. The van der Waals surface area contributed by atoms with Crippen LogP contribution < -0.4 is 9.47 Å². The fourth-order valence-corrected chi connectivity index (χ4v) is 4.16. The van der Waals surface area contributed by atoms with E-state index in [1.54, 1.807) is 24.3 Å². The zero-order valence-corrected chi connectivity index (χ0v) is 21.1. The van der Waals surface area contributed by atoms with Crippen molar-refractivity contribution in [2.75, 3.05) is 19.8 Å². The van der Waals surface area contributed by atoms with E-state index in [0.29, 0.717) is 37.1 Å². The molecule has 1 aliphatic rings. The second kappa shape index (κ2) is 14.8. The molecular formula is C29H39FO5. The molecule has 35 heavy (non-hydrogen) atoms. The summed E-state index contributed by atoms with van der Waals surface area (Å²) >= 11 is 0. The normalized spacial score (nSPS) is 17.8. The first-order valence-corrected chi connectivity index (χ1v) is 13.1. The average molecular weight is 487 g/mol. The maximum Gasteiger partial charge on any atom is 0.343 e. The zero-order valence-electron chi connectivity index (χ0n) is 21.1. The Kier molecular flexibility index (Phi) is 11.5. The van der Waals surface area contributed by atoms with Crippen molar-refractivity contribution in [3.63, 3.8) is 0 Å². The highest BCUT2D eigenvalue weighted by atomic mass is 19.1. The van der Waals surface area contributed by atoms with Crippen molar-refractivity contribution in [2.45, 2.75) is 77.9 Å². The molecule has 2 aromatic carbocycles. The van der Waals surface area contributed by atoms with Gasteiger partial charge in [-0.3, -0.25) is 0 Å². The standard InChI is InChI=1S/C29H39FO5/c1-3-5-6-7-8-9-10-18-32-24-13-15-25(16-14-24)35-28(31)23-12-17-26(27(30)19-23)29-33-20-22(11-4-2)21-34-29/h12-17,19,22,29H,3-11,18,20-21H2,1-2H3. The van der Waals surface area contributed by atoms with Crippen LogP contribution in [0, 0.1) is 11.7 Å². The number of rotatable bonds is 14. The maximum absolute atomic E-state index is 14.7. The molecule has 0 spiro atoms. The lowest BCUT2D eigenvalue weighted by molar-refractivity contribution is -0.207. The summed E-state index contributed by atoms with van der Waals surface area (Å²) in [5, 5.41) is 0. The van der Waals surface area contributed by atoms with Gasteiger partial charge in [-0.25, -0.2) is 9.18 Å². The van der Waals surface area contributed by atoms with Gasteiger partial charge < -0.3 is 18.9 Å². The van der Waals surface area contributed by atoms with E-state index in [9.17, 15) is 9.18 Å². The largest absolute Gasteiger partial charge is 0.494 e. The third kappa shape index (κ3) is 8.93. The van der Waals surface area contributed by atoms with Gasteiger partial charge in [-0.2, -0.15) is 0 Å². The van der Waals surface area contributed by atoms with Gasteiger partial charge in [0.1, 0.15) is 17.3 Å². The molecular weight excluding hydrogens is 447 g/mol. The molecule has 6 heteroatoms. The van der Waals surface area contributed by atoms with Gasteiger partial charge in [-0.15, -0.1) is 0 Å². The van der Waals surface area contributed by atoms with Gasteiger partial charge in [0, 0.05) is 11.5 Å². The first kappa shape index (κ1) is 27.2. The van der Waals surface area contributed by atoms with Crippen LogP contribution in [-0.4, -0.2) is 25.8 Å². The van der Waals surface area contributed by atoms with Crippen LogP contribution in [0.25, 0.3) is 0 Å². The average Bonchev–Trinajstić information content (AvgIpc) is 2.87. The molecule has 0 aliphatic carbocycles. The Morgan fingerprint density at radius 1 is 0.886 bits per heavy atom. The molecule has 0 aromatic heterocycles. The molecule has 1 heterocycles. The molecule has 0 saturated carbocycles. The molecule has 1 saturated heterocycles. The van der Waals surface area contributed by atoms with Crippen molar-refractivity contribution in [3.05, 3.63) is 59.4 Å². The highest BCUT2D eigenvalue weighted by Gasteiger charge is 2.26. The van der Waals surface area contributed by atoms with Crippen molar-refractivity contribution in [2.24, 2.45) is 5.92 Å². The summed E-state index contributed by atoms with van der Waals surface area (Å²) in [7, 11) is 0. The van der Waals surface area contributed by atoms with Crippen molar-refractivity contribution < 1.29 is 28.1 Å². The minimum Gasteiger partial charge on any atom is -0.494 e. The van der Waals surface area contributed by atoms with Crippen LogP contribution >= 0.6 is 0 Å². The highest BCUT2D eigenvalue weighted by Crippen LogP contribution is 2.29. The maximum atomic E-state index is 14.7. The third-order valence-electron chi connectivity index (χ3n) is 6.20. The Morgan fingerprint density at radius 2 is 1.54 bits per heavy atom. The van der Waals surface area contributed by atoms with Crippen molar-refractivity contribution in [1.82, 2.24) is 0 Å². The van der Waals surface area contributed by atoms with E-state index in [4.69, 9.17) is 18.9 Å². The molecule has 2 aromatic rings. The fraction of sp³-hybridized carbons (Fsp3) is 0.552. The molecule has 0 amide bonds. The summed E-state index contributed by atoms with van der Waals surface area (Å²) in [6.45, 7) is 6.10. The van der Waals surface area contributed by atoms with Crippen molar-refractivity contribution in [1.29, 1.82) is 0 Å². The number of ether oxygens (including phenoxy) is 4. The lowest BCUT2D eigenvalue weighted by atomic mass is 10.0. The number of hydrogen-bond donors (Lipinski definition) is 0. The van der Waals surface area contributed by atoms with Crippen molar-refractivity contribution >= 4 is 5.97 Å². The molecule has 1 aliphatic heterocycles. The summed E-state index contributed by atoms with van der Waals surface area (Å²) in [4.78, 5) is 12.5. The van der Waals surface area contributed by atoms with Crippen LogP contribution in [0.4, 0.5) is 4.39 Å². The Balaban J connectivity index is 1.42. The number of carbonyl (C=O) groups excluding carboxylic acids is 1. The molecule has 0 N–H and O–H groups in total. The SMILES string of the molecule is CCCCCCCCCOc1ccc(OC(=O)c2ccc(C3OCC(CCC)CO3)c(F)c2)cc1. The summed E-state index contributed by atoms with van der Waals surface area (Å²) < 4.78 is 37.2. The lowest BCUT2D eigenvalue weighted by Crippen LogP contribution is -2.27. The Morgan fingerprint density at radius 3 is 2.20 bits per heavy atom. The van der Waals surface area contributed by atoms with Gasteiger partial charge >= 0.3 is 5.97 Å². The Hall–Kier alpha value is -2.44. The lowest BCUT2D eigenvalue weighted by Gasteiger charge is -2.29. The molecule has 0 atom stereocenters. The van der Waals surface area contributed by atoms with E-state index in [1.807, 2.05) is 0 Å². The van der Waals surface area contributed by atoms with E-state index in [0.717, 1.165) is 25.0 Å². The molecule has 0 unspecified atom stereocenters. The highest BCUT2D eigenvalue weighted by molar-refractivity contribution is 5.91. The van der Waals surface area contributed by atoms with E-state index in [1.165, 1.54) is 56.7 Å². The summed E-state index contributed by atoms with van der Waals surface area (Å²) in [6, 6.07) is 11.1. The summed E-state index contributed by atoms with van der Waals surface area (Å²) in [6.07, 6.45) is 9.98. The number of benzene rings is 2. The molecule has 1 fully saturated rings. The monoisotopic (exact) mass is 486 g/mol. The predicted molar refractivity (Wildman–Crippen MR) is 134 cm³/mol.